The molecule has 4 nitrogen and oxygen atoms in total. The predicted octanol–water partition coefficient (Wildman–Crippen LogP) is 3.56. The largest absolute Gasteiger partial charge is 0.357 e. The first-order valence-electron chi connectivity index (χ1n) is 8.70. The van der Waals surface area contributed by atoms with E-state index in [0.717, 1.165) is 32.0 Å². The van der Waals surface area contributed by atoms with E-state index in [1.807, 2.05) is 23.1 Å². The monoisotopic (exact) mass is 354 g/mol. The number of aliphatic imine (C=N–C) groups is 1. The lowest BCUT2D eigenvalue weighted by atomic mass is 10.0. The first-order chi connectivity index (χ1) is 11.2. The number of thioether (sulfide) groups is 1. The van der Waals surface area contributed by atoms with E-state index in [1.165, 1.54) is 53.4 Å². The van der Waals surface area contributed by atoms with E-state index in [0.29, 0.717) is 0 Å². The molecule has 6 heteroatoms. The smallest absolute Gasteiger partial charge is 0.194 e. The number of hydrogen-bond acceptors (Lipinski definition) is 4. The van der Waals surface area contributed by atoms with E-state index in [9.17, 15) is 0 Å². The normalized spacial score (nSPS) is 14.7. The minimum atomic E-state index is 0.855. The Labute approximate surface area is 149 Å². The molecule has 0 fully saturated rings. The molecule has 0 amide bonds. The first kappa shape index (κ1) is 18.6. The molecule has 1 aliphatic rings. The summed E-state index contributed by atoms with van der Waals surface area (Å²) in [7, 11) is 2.11. The van der Waals surface area contributed by atoms with Gasteiger partial charge < -0.3 is 10.2 Å². The zero-order valence-electron chi connectivity index (χ0n) is 14.7. The van der Waals surface area contributed by atoms with Crippen molar-refractivity contribution in [1.82, 2.24) is 15.2 Å². The van der Waals surface area contributed by atoms with Crippen molar-refractivity contribution < 1.29 is 0 Å². The average molecular weight is 355 g/mol. The number of guanidine groups is 1. The molecule has 1 N–H and O–H groups in total. The lowest BCUT2D eigenvalue weighted by Crippen LogP contribution is -2.38. The summed E-state index contributed by atoms with van der Waals surface area (Å²) in [6, 6.07) is 0. The topological polar surface area (TPSA) is 40.5 Å². The molecular weight excluding hydrogens is 324 g/mol. The van der Waals surface area contributed by atoms with Gasteiger partial charge in [0.15, 0.2) is 5.96 Å². The fourth-order valence-electron chi connectivity index (χ4n) is 2.76. The van der Waals surface area contributed by atoms with Gasteiger partial charge in [-0.1, -0.05) is 0 Å². The molecule has 0 saturated heterocycles. The Morgan fingerprint density at radius 2 is 2.17 bits per heavy atom. The van der Waals surface area contributed by atoms with Gasteiger partial charge in [-0.25, -0.2) is 4.98 Å². The second-order valence-electron chi connectivity index (χ2n) is 5.98. The molecular formula is C17H30N4S2. The standard InChI is InChI=1S/C17H30N4S2/c1-4-18-17(19-11-7-8-12-22-3)21(2)13-16-20-14-9-5-6-10-15(14)23-16/h4-13H2,1-3H3,(H,18,19). The Balaban J connectivity index is 1.90. The summed E-state index contributed by atoms with van der Waals surface area (Å²) in [6.07, 6.45) is 9.58. The number of fused-ring (bicyclic) bond motifs is 1. The number of aromatic nitrogens is 1. The van der Waals surface area contributed by atoms with Gasteiger partial charge in [0, 0.05) is 25.0 Å². The minimum Gasteiger partial charge on any atom is -0.357 e. The molecule has 1 aromatic rings. The van der Waals surface area contributed by atoms with E-state index in [-0.39, 0.29) is 0 Å². The summed E-state index contributed by atoms with van der Waals surface area (Å²) >= 11 is 3.81. The average Bonchev–Trinajstić information content (AvgIpc) is 2.95. The molecule has 1 aliphatic carbocycles. The summed E-state index contributed by atoms with van der Waals surface area (Å²) < 4.78 is 0. The molecule has 0 unspecified atom stereocenters. The Kier molecular flexibility index (Phi) is 8.23. The van der Waals surface area contributed by atoms with Crippen molar-refractivity contribution in [1.29, 1.82) is 0 Å². The van der Waals surface area contributed by atoms with E-state index in [2.05, 4.69) is 30.4 Å². The second-order valence-corrected chi connectivity index (χ2v) is 8.13. The Hall–Kier alpha value is -0.750. The van der Waals surface area contributed by atoms with Gasteiger partial charge in [0.05, 0.1) is 12.2 Å². The zero-order chi connectivity index (χ0) is 16.5. The highest BCUT2D eigenvalue weighted by atomic mass is 32.2. The van der Waals surface area contributed by atoms with Crippen molar-refractivity contribution in [2.45, 2.75) is 52.0 Å². The number of rotatable bonds is 8. The first-order valence-corrected chi connectivity index (χ1v) is 10.9. The summed E-state index contributed by atoms with van der Waals surface area (Å²) in [5.74, 6) is 2.23. The van der Waals surface area contributed by atoms with Crippen LogP contribution in [0.15, 0.2) is 4.99 Å². The van der Waals surface area contributed by atoms with Gasteiger partial charge in [0.2, 0.25) is 0 Å². The molecule has 0 atom stereocenters. The highest BCUT2D eigenvalue weighted by Crippen LogP contribution is 2.27. The molecule has 1 heterocycles. The van der Waals surface area contributed by atoms with Crippen molar-refractivity contribution >= 4 is 29.1 Å². The van der Waals surface area contributed by atoms with Crippen LogP contribution in [-0.4, -0.2) is 48.0 Å². The molecule has 0 spiro atoms. The highest BCUT2D eigenvalue weighted by Gasteiger charge is 2.16. The maximum Gasteiger partial charge on any atom is 0.194 e. The molecule has 130 valence electrons. The van der Waals surface area contributed by atoms with Crippen molar-refractivity contribution in [3.05, 3.63) is 15.6 Å². The van der Waals surface area contributed by atoms with Crippen LogP contribution in [0.25, 0.3) is 0 Å². The van der Waals surface area contributed by atoms with Gasteiger partial charge in [-0.05, 0) is 57.5 Å². The number of nitrogens with one attached hydrogen (secondary N) is 1. The second kappa shape index (κ2) is 10.2. The fourth-order valence-corrected chi connectivity index (χ4v) is 4.47. The quantitative estimate of drug-likeness (QED) is 0.440. The van der Waals surface area contributed by atoms with Gasteiger partial charge in [-0.3, -0.25) is 4.99 Å². The Morgan fingerprint density at radius 1 is 1.35 bits per heavy atom. The van der Waals surface area contributed by atoms with E-state index in [4.69, 9.17) is 9.98 Å². The summed E-state index contributed by atoms with van der Waals surface area (Å²) in [6.45, 7) is 4.79. The number of unbranched alkanes of at least 4 members (excludes halogenated alkanes) is 1. The fraction of sp³-hybridized carbons (Fsp3) is 0.765. The molecule has 0 bridgehead atoms. The molecule has 0 aliphatic heterocycles. The molecule has 0 aromatic carbocycles. The molecule has 0 saturated carbocycles. The number of hydrogen-bond donors (Lipinski definition) is 1. The van der Waals surface area contributed by atoms with Gasteiger partial charge in [-0.2, -0.15) is 11.8 Å². The van der Waals surface area contributed by atoms with Crippen LogP contribution in [0.1, 0.15) is 48.2 Å². The summed E-state index contributed by atoms with van der Waals surface area (Å²) in [4.78, 5) is 13.3. The van der Waals surface area contributed by atoms with Crippen LogP contribution in [0.4, 0.5) is 0 Å². The zero-order valence-corrected chi connectivity index (χ0v) is 16.4. The highest BCUT2D eigenvalue weighted by molar-refractivity contribution is 7.98. The van der Waals surface area contributed by atoms with Crippen LogP contribution in [0.5, 0.6) is 0 Å². The molecule has 1 aromatic heterocycles. The van der Waals surface area contributed by atoms with Crippen LogP contribution >= 0.6 is 23.1 Å². The van der Waals surface area contributed by atoms with Crippen molar-refractivity contribution in [2.24, 2.45) is 4.99 Å². The number of thiazole rings is 1. The Bertz CT molecular complexity index is 475. The summed E-state index contributed by atoms with van der Waals surface area (Å²) in [5.41, 5.74) is 1.35. The minimum absolute atomic E-state index is 0.855. The third kappa shape index (κ3) is 5.99. The van der Waals surface area contributed by atoms with Crippen molar-refractivity contribution in [2.75, 3.05) is 32.1 Å². The van der Waals surface area contributed by atoms with E-state index < -0.39 is 0 Å². The lowest BCUT2D eigenvalue weighted by Gasteiger charge is -2.21. The third-order valence-electron chi connectivity index (χ3n) is 3.98. The number of aryl methyl sites for hydroxylation is 2. The van der Waals surface area contributed by atoms with Crippen LogP contribution < -0.4 is 5.32 Å². The summed E-state index contributed by atoms with van der Waals surface area (Å²) in [5, 5.41) is 4.63. The van der Waals surface area contributed by atoms with Crippen molar-refractivity contribution in [3.8, 4) is 0 Å². The van der Waals surface area contributed by atoms with Crippen molar-refractivity contribution in [3.63, 3.8) is 0 Å². The van der Waals surface area contributed by atoms with Gasteiger partial charge in [0.1, 0.15) is 5.01 Å². The third-order valence-corrected chi connectivity index (χ3v) is 5.82. The van der Waals surface area contributed by atoms with E-state index >= 15 is 0 Å². The van der Waals surface area contributed by atoms with Gasteiger partial charge in [-0.15, -0.1) is 11.3 Å². The Morgan fingerprint density at radius 3 is 2.91 bits per heavy atom. The van der Waals surface area contributed by atoms with Gasteiger partial charge >= 0.3 is 0 Å². The number of nitrogens with zero attached hydrogens (tertiary/aromatic N) is 3. The molecule has 0 radical (unpaired) electrons. The van der Waals surface area contributed by atoms with Gasteiger partial charge in [0.25, 0.3) is 0 Å². The van der Waals surface area contributed by atoms with Crippen LogP contribution in [0.3, 0.4) is 0 Å². The van der Waals surface area contributed by atoms with Crippen LogP contribution in [0, 0.1) is 0 Å². The van der Waals surface area contributed by atoms with E-state index in [1.54, 1.807) is 0 Å². The maximum absolute atomic E-state index is 4.85. The SMILES string of the molecule is CCNC(=NCCCCSC)N(C)Cc1nc2c(s1)CCCC2. The molecule has 2 rings (SSSR count). The lowest BCUT2D eigenvalue weighted by molar-refractivity contribution is 0.474. The maximum atomic E-state index is 4.85. The predicted molar refractivity (Wildman–Crippen MR) is 104 cm³/mol. The van der Waals surface area contributed by atoms with Crippen LogP contribution in [0.2, 0.25) is 0 Å². The molecule has 23 heavy (non-hydrogen) atoms. The van der Waals surface area contributed by atoms with Crippen LogP contribution in [-0.2, 0) is 19.4 Å².